The first-order valence-corrected chi connectivity index (χ1v) is 10.3. The Morgan fingerprint density at radius 1 is 1.23 bits per heavy atom. The van der Waals surface area contributed by atoms with Gasteiger partial charge in [-0.25, -0.2) is 8.42 Å². The number of hydrogen-bond acceptors (Lipinski definition) is 6. The fraction of sp³-hybridized carbons (Fsp3) is 0.235. The molecule has 0 spiro atoms. The van der Waals surface area contributed by atoms with E-state index in [1.165, 1.54) is 23.5 Å². The predicted octanol–water partition coefficient (Wildman–Crippen LogP) is 1.53. The summed E-state index contributed by atoms with van der Waals surface area (Å²) in [6.07, 6.45) is -0.273. The highest BCUT2D eigenvalue weighted by atomic mass is 32.2. The van der Waals surface area contributed by atoms with E-state index >= 15 is 0 Å². The summed E-state index contributed by atoms with van der Waals surface area (Å²) >= 11 is 1.33. The van der Waals surface area contributed by atoms with E-state index < -0.39 is 33.4 Å². The Labute approximate surface area is 155 Å². The van der Waals surface area contributed by atoms with Crippen LogP contribution in [0.3, 0.4) is 0 Å². The smallest absolute Gasteiger partial charge is 0.249 e. The van der Waals surface area contributed by atoms with Crippen molar-refractivity contribution in [2.45, 2.75) is 18.2 Å². The summed E-state index contributed by atoms with van der Waals surface area (Å²) in [5.41, 5.74) is 5.69. The van der Waals surface area contributed by atoms with Crippen LogP contribution in [0.5, 0.6) is 0 Å². The highest BCUT2D eigenvalue weighted by Gasteiger charge is 2.20. The molecule has 0 aliphatic heterocycles. The number of nitrogens with zero attached hydrogens (tertiary/aromatic N) is 1. The van der Waals surface area contributed by atoms with Crippen molar-refractivity contribution in [2.24, 2.45) is 5.73 Å². The zero-order valence-corrected chi connectivity index (χ0v) is 15.3. The quantitative estimate of drug-likeness (QED) is 0.705. The summed E-state index contributed by atoms with van der Waals surface area (Å²) in [6, 6.07) is 10.8. The lowest BCUT2D eigenvalue weighted by Gasteiger charge is -2.11. The summed E-state index contributed by atoms with van der Waals surface area (Å²) in [6.45, 7) is 0. The maximum atomic E-state index is 12.3. The molecule has 9 heteroatoms. The largest absolute Gasteiger partial charge is 0.366 e. The average Bonchev–Trinajstić information content (AvgIpc) is 3.12. The van der Waals surface area contributed by atoms with Crippen LogP contribution in [-0.2, 0) is 20.4 Å². The van der Waals surface area contributed by atoms with Gasteiger partial charge in [-0.2, -0.15) is 5.26 Å². The van der Waals surface area contributed by atoms with Gasteiger partial charge in [0.25, 0.3) is 0 Å². The number of nitrogens with one attached hydrogen (secondary N) is 1. The van der Waals surface area contributed by atoms with Crippen molar-refractivity contribution in [1.82, 2.24) is 5.32 Å². The minimum absolute atomic E-state index is 0.141. The molecule has 0 bridgehead atoms. The Balaban J connectivity index is 1.97. The molecule has 0 unspecified atom stereocenters. The Bertz CT molecular complexity index is 931. The van der Waals surface area contributed by atoms with E-state index in [9.17, 15) is 18.0 Å². The maximum absolute atomic E-state index is 12.3. The maximum Gasteiger partial charge on any atom is 0.249 e. The minimum Gasteiger partial charge on any atom is -0.366 e. The monoisotopic (exact) mass is 391 g/mol. The molecule has 136 valence electrons. The van der Waals surface area contributed by atoms with E-state index in [4.69, 9.17) is 11.0 Å². The highest BCUT2D eigenvalue weighted by molar-refractivity contribution is 7.90. The van der Waals surface area contributed by atoms with Crippen molar-refractivity contribution in [3.05, 3.63) is 57.8 Å². The number of thiophene rings is 1. The zero-order valence-electron chi connectivity index (χ0n) is 13.7. The molecule has 7 nitrogen and oxygen atoms in total. The molecule has 1 heterocycles. The van der Waals surface area contributed by atoms with Crippen LogP contribution in [0.1, 0.15) is 33.3 Å². The number of nitriles is 1. The third-order valence-electron chi connectivity index (χ3n) is 3.56. The fourth-order valence-electron chi connectivity index (χ4n) is 2.30. The van der Waals surface area contributed by atoms with Crippen LogP contribution >= 0.6 is 11.3 Å². The summed E-state index contributed by atoms with van der Waals surface area (Å²) in [7, 11) is -3.63. The second kappa shape index (κ2) is 8.60. The van der Waals surface area contributed by atoms with E-state index in [1.54, 1.807) is 29.6 Å². The van der Waals surface area contributed by atoms with Crippen molar-refractivity contribution in [3.63, 3.8) is 0 Å². The number of sulfone groups is 1. The van der Waals surface area contributed by atoms with Crippen LogP contribution in [0.4, 0.5) is 0 Å². The van der Waals surface area contributed by atoms with E-state index in [0.29, 0.717) is 10.4 Å². The molecule has 0 saturated heterocycles. The first kappa shape index (κ1) is 19.6. The number of amides is 2. The Morgan fingerprint density at radius 3 is 2.58 bits per heavy atom. The van der Waals surface area contributed by atoms with Crippen molar-refractivity contribution in [3.8, 4) is 6.07 Å². The number of rotatable bonds is 8. The van der Waals surface area contributed by atoms with Crippen LogP contribution in [0.2, 0.25) is 0 Å². The van der Waals surface area contributed by atoms with Crippen molar-refractivity contribution < 1.29 is 18.0 Å². The lowest BCUT2D eigenvalue weighted by Crippen LogP contribution is -2.29. The van der Waals surface area contributed by atoms with Crippen LogP contribution in [-0.4, -0.2) is 26.0 Å². The molecule has 0 saturated carbocycles. The summed E-state index contributed by atoms with van der Waals surface area (Å²) in [5, 5.41) is 13.4. The first-order valence-electron chi connectivity index (χ1n) is 7.63. The SMILES string of the molecule is N#C[C@@H](NC(=O)CCS(=O)(=O)Cc1ccccc1C(N)=O)c1cccs1. The van der Waals surface area contributed by atoms with Gasteiger partial charge in [0.05, 0.1) is 17.6 Å². The molecule has 1 aromatic carbocycles. The molecule has 0 aliphatic carbocycles. The van der Waals surface area contributed by atoms with E-state index in [-0.39, 0.29) is 17.7 Å². The molecule has 0 radical (unpaired) electrons. The second-order valence-corrected chi connectivity index (χ2v) is 8.67. The van der Waals surface area contributed by atoms with Gasteiger partial charge in [0.15, 0.2) is 15.9 Å². The molecule has 0 aliphatic rings. The summed E-state index contributed by atoms with van der Waals surface area (Å²) in [4.78, 5) is 24.0. The number of carbonyl (C=O) groups is 2. The fourth-order valence-corrected chi connectivity index (χ4v) is 4.38. The van der Waals surface area contributed by atoms with Crippen molar-refractivity contribution in [1.29, 1.82) is 5.26 Å². The predicted molar refractivity (Wildman–Crippen MR) is 97.9 cm³/mol. The third kappa shape index (κ3) is 5.40. The van der Waals surface area contributed by atoms with Gasteiger partial charge < -0.3 is 11.1 Å². The Morgan fingerprint density at radius 2 is 1.96 bits per heavy atom. The van der Waals surface area contributed by atoms with Crippen molar-refractivity contribution >= 4 is 33.0 Å². The van der Waals surface area contributed by atoms with Gasteiger partial charge >= 0.3 is 0 Å². The van der Waals surface area contributed by atoms with Crippen LogP contribution in [0.25, 0.3) is 0 Å². The molecule has 1 atom stereocenters. The lowest BCUT2D eigenvalue weighted by atomic mass is 10.1. The highest BCUT2D eigenvalue weighted by Crippen LogP contribution is 2.18. The van der Waals surface area contributed by atoms with Gasteiger partial charge in [0, 0.05) is 16.9 Å². The lowest BCUT2D eigenvalue weighted by molar-refractivity contribution is -0.121. The number of benzene rings is 1. The van der Waals surface area contributed by atoms with Gasteiger partial charge in [-0.05, 0) is 23.1 Å². The summed E-state index contributed by atoms with van der Waals surface area (Å²) < 4.78 is 24.5. The molecule has 1 aromatic heterocycles. The zero-order chi connectivity index (χ0) is 19.2. The van der Waals surface area contributed by atoms with Gasteiger partial charge in [-0.1, -0.05) is 24.3 Å². The minimum atomic E-state index is -3.63. The van der Waals surface area contributed by atoms with Gasteiger partial charge in [-0.3, -0.25) is 9.59 Å². The average molecular weight is 391 g/mol. The summed E-state index contributed by atoms with van der Waals surface area (Å²) in [5.74, 6) is -2.02. The number of hydrogen-bond donors (Lipinski definition) is 2. The van der Waals surface area contributed by atoms with Crippen LogP contribution < -0.4 is 11.1 Å². The molecule has 0 fully saturated rings. The molecule has 26 heavy (non-hydrogen) atoms. The van der Waals surface area contributed by atoms with E-state index in [2.05, 4.69) is 5.32 Å². The van der Waals surface area contributed by atoms with Gasteiger partial charge in [0.1, 0.15) is 0 Å². The molecular weight excluding hydrogens is 374 g/mol. The number of carbonyl (C=O) groups excluding carboxylic acids is 2. The topological polar surface area (TPSA) is 130 Å². The standard InChI is InChI=1S/C17H17N3O4S2/c18-10-14(15-6-3-8-25-15)20-16(21)7-9-26(23,24)11-12-4-1-2-5-13(12)17(19)22/h1-6,8,14H,7,9,11H2,(H2,19,22)(H,20,21)/t14-/m1/s1. The molecule has 3 N–H and O–H groups in total. The van der Waals surface area contributed by atoms with Crippen LogP contribution in [0, 0.1) is 11.3 Å². The Kier molecular flexibility index (Phi) is 6.49. The molecule has 2 rings (SSSR count). The first-order chi connectivity index (χ1) is 12.3. The normalized spacial score (nSPS) is 12.1. The Hall–Kier alpha value is -2.70. The number of primary amides is 1. The second-order valence-electron chi connectivity index (χ2n) is 5.51. The van der Waals surface area contributed by atoms with Crippen LogP contribution in [0.15, 0.2) is 41.8 Å². The molecule has 2 amide bonds. The van der Waals surface area contributed by atoms with Gasteiger partial charge in [-0.15, -0.1) is 11.3 Å². The van der Waals surface area contributed by atoms with Crippen molar-refractivity contribution in [2.75, 3.05) is 5.75 Å². The van der Waals surface area contributed by atoms with Gasteiger partial charge in [0.2, 0.25) is 11.8 Å². The number of nitrogens with two attached hydrogens (primary N) is 1. The van der Waals surface area contributed by atoms with E-state index in [1.807, 2.05) is 6.07 Å². The third-order valence-corrected chi connectivity index (χ3v) is 6.07. The molecular formula is C17H17N3O4S2. The van der Waals surface area contributed by atoms with E-state index in [0.717, 1.165) is 0 Å². The molecule has 2 aromatic rings.